The van der Waals surface area contributed by atoms with Crippen LogP contribution in [0.3, 0.4) is 0 Å². The first-order valence-corrected chi connectivity index (χ1v) is 16.6. The van der Waals surface area contributed by atoms with Gasteiger partial charge in [-0.05, 0) is 64.6 Å². The zero-order valence-electron chi connectivity index (χ0n) is 27.7. The molecule has 0 unspecified atom stereocenters. The number of hydrogen-bond donors (Lipinski definition) is 0. The Morgan fingerprint density at radius 1 is 1.20 bits per heavy atom. The number of likely N-dealkylation sites (N-methyl/N-ethyl adjacent to an activating group) is 1. The summed E-state index contributed by atoms with van der Waals surface area (Å²) < 4.78 is 6.50. The highest BCUT2D eigenvalue weighted by atomic mass is 16.5. The molecule has 0 spiro atoms. The molecular weight excluding hydrogens is 576 g/mol. The predicted octanol–water partition coefficient (Wildman–Crippen LogP) is 4.91. The lowest BCUT2D eigenvalue weighted by Crippen LogP contribution is -2.56. The SMILES string of the molecule is [C-]#[N+]C[C@H]1CN(c2nc(O[C@H](C)CN(C)[C@@H](C)C3CCC3)nc3c2CCN(c2cncc4cccc(C)c24)C3)CCN1C(=O)C=C. The molecule has 1 aromatic carbocycles. The maximum Gasteiger partial charge on any atom is 0.318 e. The number of hydrogen-bond acceptors (Lipinski definition) is 8. The van der Waals surface area contributed by atoms with Crippen molar-refractivity contribution < 1.29 is 9.53 Å². The van der Waals surface area contributed by atoms with E-state index >= 15 is 0 Å². The molecule has 4 heterocycles. The number of anilines is 2. The molecule has 10 heteroatoms. The number of carbonyl (C=O) groups excluding carboxylic acids is 1. The number of benzene rings is 1. The van der Waals surface area contributed by atoms with Gasteiger partial charge in [-0.15, -0.1) is 0 Å². The van der Waals surface area contributed by atoms with Gasteiger partial charge in [0.15, 0.2) is 0 Å². The molecule has 3 aromatic rings. The van der Waals surface area contributed by atoms with Crippen molar-refractivity contribution in [2.24, 2.45) is 5.92 Å². The van der Waals surface area contributed by atoms with Crippen LogP contribution in [0.5, 0.6) is 6.01 Å². The molecule has 0 bridgehead atoms. The zero-order valence-corrected chi connectivity index (χ0v) is 27.7. The van der Waals surface area contributed by atoms with Crippen molar-refractivity contribution in [2.75, 3.05) is 56.1 Å². The van der Waals surface area contributed by atoms with Gasteiger partial charge in [-0.2, -0.15) is 9.97 Å². The van der Waals surface area contributed by atoms with Crippen molar-refractivity contribution in [2.45, 2.75) is 71.2 Å². The van der Waals surface area contributed by atoms with Gasteiger partial charge in [0.25, 0.3) is 0 Å². The van der Waals surface area contributed by atoms with Gasteiger partial charge in [-0.3, -0.25) is 14.7 Å². The quantitative estimate of drug-likeness (QED) is 0.233. The Bertz CT molecular complexity index is 1630. The van der Waals surface area contributed by atoms with Crippen molar-refractivity contribution >= 4 is 28.2 Å². The lowest BCUT2D eigenvalue weighted by Gasteiger charge is -2.41. The number of carbonyl (C=O) groups is 1. The van der Waals surface area contributed by atoms with E-state index in [1.165, 1.54) is 36.3 Å². The molecule has 3 aliphatic rings. The van der Waals surface area contributed by atoms with Crippen molar-refractivity contribution in [3.8, 4) is 6.01 Å². The topological polar surface area (TPSA) is 82.3 Å². The van der Waals surface area contributed by atoms with E-state index in [0.717, 1.165) is 53.6 Å². The summed E-state index contributed by atoms with van der Waals surface area (Å²) in [5.74, 6) is 1.48. The van der Waals surface area contributed by atoms with Gasteiger partial charge in [0.05, 0.1) is 24.1 Å². The molecule has 2 fully saturated rings. The first kappa shape index (κ1) is 31.7. The average molecular weight is 623 g/mol. The highest BCUT2D eigenvalue weighted by Gasteiger charge is 2.35. The number of aryl methyl sites for hydroxylation is 1. The number of piperazine rings is 1. The van der Waals surface area contributed by atoms with Crippen LogP contribution in [0.4, 0.5) is 11.5 Å². The van der Waals surface area contributed by atoms with E-state index in [1.807, 2.05) is 12.4 Å². The normalized spacial score (nSPS) is 19.7. The Kier molecular flexibility index (Phi) is 9.41. The molecule has 6 rings (SSSR count). The standard InChI is InChI=1S/C36H46N8O2/c1-7-33(45)44-17-16-43(22-29(44)19-37-5)35-30-14-15-42(32-20-38-18-28-13-8-10-24(2)34(28)32)23-31(30)39-36(40-35)46-25(3)21-41(6)26(4)27-11-9-12-27/h7-8,10,13,18,20,25-27,29H,1,9,11-12,14-17,19,21-23H2,2-4,6H3/t25-,26+,29+/m1/s1. The van der Waals surface area contributed by atoms with Crippen LogP contribution >= 0.6 is 0 Å². The second kappa shape index (κ2) is 13.6. The Hall–Kier alpha value is -4.23. The molecule has 1 amide bonds. The van der Waals surface area contributed by atoms with Crippen LogP contribution in [0.1, 0.15) is 49.9 Å². The van der Waals surface area contributed by atoms with Crippen molar-refractivity contribution in [1.82, 2.24) is 24.8 Å². The number of rotatable bonds is 10. The molecule has 10 nitrogen and oxygen atoms in total. The van der Waals surface area contributed by atoms with Gasteiger partial charge >= 0.3 is 6.01 Å². The Morgan fingerprint density at radius 2 is 2.02 bits per heavy atom. The highest BCUT2D eigenvalue weighted by molar-refractivity contribution is 5.96. The number of nitrogens with zero attached hydrogens (tertiary/aromatic N) is 8. The average Bonchev–Trinajstić information content (AvgIpc) is 3.02. The van der Waals surface area contributed by atoms with Crippen LogP contribution in [0.25, 0.3) is 15.6 Å². The van der Waals surface area contributed by atoms with Gasteiger partial charge in [-0.1, -0.05) is 31.2 Å². The van der Waals surface area contributed by atoms with E-state index in [9.17, 15) is 4.79 Å². The molecule has 46 heavy (non-hydrogen) atoms. The lowest BCUT2D eigenvalue weighted by molar-refractivity contribution is -0.128. The second-order valence-electron chi connectivity index (χ2n) is 13.2. The fourth-order valence-corrected chi connectivity index (χ4v) is 7.34. The van der Waals surface area contributed by atoms with Gasteiger partial charge in [0.1, 0.15) is 18.0 Å². The van der Waals surface area contributed by atoms with Crippen molar-refractivity contribution in [3.63, 3.8) is 0 Å². The van der Waals surface area contributed by atoms with Gasteiger partial charge in [0, 0.05) is 61.3 Å². The fourth-order valence-electron chi connectivity index (χ4n) is 7.34. The summed E-state index contributed by atoms with van der Waals surface area (Å²) in [5.41, 5.74) is 4.39. The largest absolute Gasteiger partial charge is 0.459 e. The van der Waals surface area contributed by atoms with Crippen molar-refractivity contribution in [1.29, 1.82) is 0 Å². The summed E-state index contributed by atoms with van der Waals surface area (Å²) in [7, 11) is 2.18. The van der Waals surface area contributed by atoms with Gasteiger partial charge in [0.2, 0.25) is 12.5 Å². The minimum absolute atomic E-state index is 0.0973. The van der Waals surface area contributed by atoms with E-state index in [2.05, 4.69) is 77.1 Å². The van der Waals surface area contributed by atoms with E-state index < -0.39 is 0 Å². The fraction of sp³-hybridized carbons (Fsp3) is 0.528. The number of amides is 1. The molecule has 1 aliphatic carbocycles. The van der Waals surface area contributed by atoms with Crippen LogP contribution in [0, 0.1) is 19.4 Å². The maximum atomic E-state index is 12.6. The molecule has 3 atom stereocenters. The molecule has 2 aliphatic heterocycles. The summed E-state index contributed by atoms with van der Waals surface area (Å²) >= 11 is 0. The molecule has 2 aromatic heterocycles. The molecular formula is C36H46N8O2. The lowest BCUT2D eigenvalue weighted by atomic mass is 9.80. The summed E-state index contributed by atoms with van der Waals surface area (Å²) in [5, 5.41) is 2.34. The van der Waals surface area contributed by atoms with Crippen LogP contribution < -0.4 is 14.5 Å². The summed E-state index contributed by atoms with van der Waals surface area (Å²) in [6.07, 6.45) is 9.85. The smallest absolute Gasteiger partial charge is 0.318 e. The number of ether oxygens (including phenoxy) is 1. The summed E-state index contributed by atoms with van der Waals surface area (Å²) in [6, 6.07) is 7.00. The zero-order chi connectivity index (χ0) is 32.4. The molecule has 0 radical (unpaired) electrons. The van der Waals surface area contributed by atoms with E-state index in [1.54, 1.807) is 4.90 Å². The molecule has 1 saturated heterocycles. The summed E-state index contributed by atoms with van der Waals surface area (Å²) in [4.78, 5) is 39.7. The Morgan fingerprint density at radius 3 is 2.76 bits per heavy atom. The first-order valence-electron chi connectivity index (χ1n) is 16.6. The second-order valence-corrected chi connectivity index (χ2v) is 13.2. The third-order valence-electron chi connectivity index (χ3n) is 10.3. The van der Waals surface area contributed by atoms with Crippen molar-refractivity contribution in [3.05, 3.63) is 71.5 Å². The minimum Gasteiger partial charge on any atom is -0.459 e. The minimum atomic E-state index is -0.239. The highest BCUT2D eigenvalue weighted by Crippen LogP contribution is 2.36. The number of aromatic nitrogens is 3. The monoisotopic (exact) mass is 622 g/mol. The third-order valence-corrected chi connectivity index (χ3v) is 10.3. The summed E-state index contributed by atoms with van der Waals surface area (Å²) in [6.45, 7) is 21.9. The maximum absolute atomic E-state index is 12.6. The van der Waals surface area contributed by atoms with Gasteiger partial charge < -0.3 is 24.3 Å². The molecule has 0 N–H and O–H groups in total. The van der Waals surface area contributed by atoms with Gasteiger partial charge in [-0.25, -0.2) is 6.57 Å². The Labute approximate surface area is 272 Å². The first-order chi connectivity index (χ1) is 22.3. The molecule has 242 valence electrons. The van der Waals surface area contributed by atoms with Crippen LogP contribution in [0.15, 0.2) is 43.2 Å². The molecule has 1 saturated carbocycles. The number of fused-ring (bicyclic) bond motifs is 2. The Balaban J connectivity index is 1.31. The predicted molar refractivity (Wildman–Crippen MR) is 182 cm³/mol. The van der Waals surface area contributed by atoms with E-state index in [-0.39, 0.29) is 24.6 Å². The van der Waals surface area contributed by atoms with Crippen LogP contribution in [-0.4, -0.2) is 95.2 Å². The van der Waals surface area contributed by atoms with E-state index in [4.69, 9.17) is 21.3 Å². The third kappa shape index (κ3) is 6.38. The van der Waals surface area contributed by atoms with Crippen LogP contribution in [-0.2, 0) is 17.8 Å². The van der Waals surface area contributed by atoms with E-state index in [0.29, 0.717) is 38.2 Å². The van der Waals surface area contributed by atoms with Crippen LogP contribution in [0.2, 0.25) is 0 Å². The number of pyridine rings is 1.